The second kappa shape index (κ2) is 7.05. The first-order valence-corrected chi connectivity index (χ1v) is 9.45. The van der Waals surface area contributed by atoms with Crippen molar-refractivity contribution in [3.63, 3.8) is 0 Å². The van der Waals surface area contributed by atoms with Crippen molar-refractivity contribution in [1.29, 1.82) is 0 Å². The summed E-state index contributed by atoms with van der Waals surface area (Å²) < 4.78 is 24.7. The van der Waals surface area contributed by atoms with Crippen LogP contribution in [0, 0.1) is 6.92 Å². The molecule has 0 saturated heterocycles. The predicted octanol–water partition coefficient (Wildman–Crippen LogP) is 2.88. The van der Waals surface area contributed by atoms with Gasteiger partial charge in [-0.15, -0.1) is 0 Å². The van der Waals surface area contributed by atoms with E-state index in [0.717, 1.165) is 21.7 Å². The molecule has 0 aliphatic carbocycles. The first-order chi connectivity index (χ1) is 11.2. The summed E-state index contributed by atoms with van der Waals surface area (Å²) in [6.07, 6.45) is 1.11. The number of carbonyl (C=O) groups is 1. The van der Waals surface area contributed by atoms with E-state index in [9.17, 15) is 13.2 Å². The lowest BCUT2D eigenvalue weighted by Crippen LogP contribution is -2.31. The lowest BCUT2D eigenvalue weighted by Gasteiger charge is -2.21. The molecule has 6 heteroatoms. The summed E-state index contributed by atoms with van der Waals surface area (Å²) >= 11 is 0. The molecule has 24 heavy (non-hydrogen) atoms. The topological polar surface area (TPSA) is 66.5 Å². The Balaban J connectivity index is 2.26. The molecule has 0 fully saturated rings. The molecule has 2 rings (SSSR count). The van der Waals surface area contributed by atoms with Crippen LogP contribution in [0.3, 0.4) is 0 Å². The summed E-state index contributed by atoms with van der Waals surface area (Å²) in [5.74, 6) is -0.311. The highest BCUT2D eigenvalue weighted by Crippen LogP contribution is 2.22. The van der Waals surface area contributed by atoms with Gasteiger partial charge in [-0.3, -0.25) is 9.10 Å². The van der Waals surface area contributed by atoms with Crippen molar-refractivity contribution >= 4 is 21.6 Å². The van der Waals surface area contributed by atoms with Crippen LogP contribution in [0.4, 0.5) is 5.69 Å². The summed E-state index contributed by atoms with van der Waals surface area (Å²) in [5.41, 5.74) is 2.82. The number of amides is 1. The summed E-state index contributed by atoms with van der Waals surface area (Å²) in [4.78, 5) is 12.6. The zero-order chi connectivity index (χ0) is 17.9. The van der Waals surface area contributed by atoms with Gasteiger partial charge in [-0.05, 0) is 31.5 Å². The normalized spacial score (nSPS) is 12.5. The number of nitrogens with one attached hydrogen (secondary N) is 1. The van der Waals surface area contributed by atoms with Crippen LogP contribution >= 0.6 is 0 Å². The van der Waals surface area contributed by atoms with Crippen LogP contribution in [-0.4, -0.2) is 27.6 Å². The van der Waals surface area contributed by atoms with Crippen molar-refractivity contribution in [3.05, 3.63) is 65.2 Å². The molecule has 0 unspecified atom stereocenters. The molecule has 0 radical (unpaired) electrons. The summed E-state index contributed by atoms with van der Waals surface area (Å²) in [6, 6.07) is 14.4. The van der Waals surface area contributed by atoms with Crippen LogP contribution in [0.5, 0.6) is 0 Å². The third-order valence-corrected chi connectivity index (χ3v) is 5.10. The Morgan fingerprint density at radius 1 is 1.08 bits per heavy atom. The molecule has 2 aromatic carbocycles. The molecule has 0 aliphatic heterocycles. The Morgan fingerprint density at radius 3 is 2.25 bits per heavy atom. The molecule has 0 bridgehead atoms. The van der Waals surface area contributed by atoms with Gasteiger partial charge in [0.05, 0.1) is 23.5 Å². The number of para-hydroxylation sites is 1. The predicted molar refractivity (Wildman–Crippen MR) is 96.7 cm³/mol. The molecule has 128 valence electrons. The van der Waals surface area contributed by atoms with Crippen molar-refractivity contribution in [3.8, 4) is 0 Å². The van der Waals surface area contributed by atoms with Crippen LogP contribution in [-0.2, 0) is 10.0 Å². The van der Waals surface area contributed by atoms with Gasteiger partial charge in [-0.2, -0.15) is 0 Å². The Labute approximate surface area is 143 Å². The second-order valence-electron chi connectivity index (χ2n) is 5.85. The highest BCUT2D eigenvalue weighted by Gasteiger charge is 2.20. The molecule has 2 aromatic rings. The molecular formula is C18H22N2O3S. The van der Waals surface area contributed by atoms with E-state index in [1.807, 2.05) is 38.1 Å². The number of benzene rings is 2. The fourth-order valence-corrected chi connectivity index (χ4v) is 2.85. The van der Waals surface area contributed by atoms with Crippen LogP contribution in [0.1, 0.15) is 34.5 Å². The minimum absolute atomic E-state index is 0.185. The molecule has 0 heterocycles. The van der Waals surface area contributed by atoms with E-state index < -0.39 is 10.0 Å². The maximum Gasteiger partial charge on any atom is 0.253 e. The SMILES string of the molecule is Cc1ccc([C@@H](C)NC(=O)c2ccccc2N(C)S(C)(=O)=O)cc1. The third kappa shape index (κ3) is 4.14. The van der Waals surface area contributed by atoms with Gasteiger partial charge in [-0.1, -0.05) is 42.0 Å². The number of sulfonamides is 1. The highest BCUT2D eigenvalue weighted by molar-refractivity contribution is 7.92. The number of hydrogen-bond donors (Lipinski definition) is 1. The molecule has 0 spiro atoms. The van der Waals surface area contributed by atoms with Gasteiger partial charge in [0.25, 0.3) is 5.91 Å². The molecule has 0 saturated carbocycles. The van der Waals surface area contributed by atoms with Gasteiger partial charge in [0, 0.05) is 7.05 Å². The Bertz CT molecular complexity index is 830. The quantitative estimate of drug-likeness (QED) is 0.905. The van der Waals surface area contributed by atoms with Crippen molar-refractivity contribution in [1.82, 2.24) is 5.32 Å². The van der Waals surface area contributed by atoms with Gasteiger partial charge >= 0.3 is 0 Å². The van der Waals surface area contributed by atoms with Gasteiger partial charge in [0.15, 0.2) is 0 Å². The number of nitrogens with zero attached hydrogens (tertiary/aromatic N) is 1. The standard InChI is InChI=1S/C18H22N2O3S/c1-13-9-11-15(12-10-13)14(2)19-18(21)16-7-5-6-8-17(16)20(3)24(4,22)23/h5-12,14H,1-4H3,(H,19,21)/t14-/m1/s1. The minimum Gasteiger partial charge on any atom is -0.345 e. The van der Waals surface area contributed by atoms with Gasteiger partial charge in [0.2, 0.25) is 10.0 Å². The van der Waals surface area contributed by atoms with Crippen LogP contribution in [0.15, 0.2) is 48.5 Å². The van der Waals surface area contributed by atoms with E-state index >= 15 is 0 Å². The van der Waals surface area contributed by atoms with Crippen LogP contribution in [0.25, 0.3) is 0 Å². The molecule has 1 N–H and O–H groups in total. The van der Waals surface area contributed by atoms with E-state index in [0.29, 0.717) is 11.3 Å². The summed E-state index contributed by atoms with van der Waals surface area (Å²) in [5, 5.41) is 2.92. The smallest absolute Gasteiger partial charge is 0.253 e. The molecule has 5 nitrogen and oxygen atoms in total. The van der Waals surface area contributed by atoms with Crippen molar-refractivity contribution in [2.24, 2.45) is 0 Å². The number of rotatable bonds is 5. The first-order valence-electron chi connectivity index (χ1n) is 7.60. The van der Waals surface area contributed by atoms with E-state index in [4.69, 9.17) is 0 Å². The van der Waals surface area contributed by atoms with E-state index in [1.54, 1.807) is 24.3 Å². The zero-order valence-electron chi connectivity index (χ0n) is 14.3. The highest BCUT2D eigenvalue weighted by atomic mass is 32.2. The average Bonchev–Trinajstić information content (AvgIpc) is 2.53. The Kier molecular flexibility index (Phi) is 5.29. The van der Waals surface area contributed by atoms with Crippen LogP contribution < -0.4 is 9.62 Å². The molecule has 0 aromatic heterocycles. The Hall–Kier alpha value is -2.34. The summed E-state index contributed by atoms with van der Waals surface area (Å²) in [6.45, 7) is 3.90. The third-order valence-electron chi connectivity index (χ3n) is 3.91. The first kappa shape index (κ1) is 18.0. The zero-order valence-corrected chi connectivity index (χ0v) is 15.1. The van der Waals surface area contributed by atoms with E-state index in [2.05, 4.69) is 5.32 Å². The summed E-state index contributed by atoms with van der Waals surface area (Å²) in [7, 11) is -2.01. The number of anilines is 1. The lowest BCUT2D eigenvalue weighted by atomic mass is 10.1. The molecular weight excluding hydrogens is 324 g/mol. The van der Waals surface area contributed by atoms with Crippen molar-refractivity contribution in [2.45, 2.75) is 19.9 Å². The lowest BCUT2D eigenvalue weighted by molar-refractivity contribution is 0.0940. The van der Waals surface area contributed by atoms with E-state index in [1.165, 1.54) is 7.05 Å². The van der Waals surface area contributed by atoms with Gasteiger partial charge in [0.1, 0.15) is 0 Å². The molecule has 0 aliphatic rings. The van der Waals surface area contributed by atoms with Gasteiger partial charge < -0.3 is 5.32 Å². The molecule has 1 amide bonds. The number of hydrogen-bond acceptors (Lipinski definition) is 3. The largest absolute Gasteiger partial charge is 0.345 e. The number of carbonyl (C=O) groups excluding carboxylic acids is 1. The van der Waals surface area contributed by atoms with E-state index in [-0.39, 0.29) is 11.9 Å². The minimum atomic E-state index is -3.44. The molecule has 1 atom stereocenters. The number of aryl methyl sites for hydroxylation is 1. The maximum absolute atomic E-state index is 12.6. The van der Waals surface area contributed by atoms with Gasteiger partial charge in [-0.25, -0.2) is 8.42 Å². The fraction of sp³-hybridized carbons (Fsp3) is 0.278. The monoisotopic (exact) mass is 346 g/mol. The van der Waals surface area contributed by atoms with Crippen molar-refractivity contribution in [2.75, 3.05) is 17.6 Å². The fourth-order valence-electron chi connectivity index (χ4n) is 2.33. The second-order valence-corrected chi connectivity index (χ2v) is 7.87. The Morgan fingerprint density at radius 2 is 1.67 bits per heavy atom. The van der Waals surface area contributed by atoms with Crippen LogP contribution in [0.2, 0.25) is 0 Å². The maximum atomic E-state index is 12.6. The average molecular weight is 346 g/mol. The van der Waals surface area contributed by atoms with Crippen molar-refractivity contribution < 1.29 is 13.2 Å².